The predicted octanol–water partition coefficient (Wildman–Crippen LogP) is 3.61. The Morgan fingerprint density at radius 3 is 2.75 bits per heavy atom. The van der Waals surface area contributed by atoms with Gasteiger partial charge in [0.15, 0.2) is 0 Å². The van der Waals surface area contributed by atoms with E-state index in [1.54, 1.807) is 0 Å². The third-order valence-electron chi connectivity index (χ3n) is 2.50. The van der Waals surface area contributed by atoms with Crippen molar-refractivity contribution in [1.82, 2.24) is 4.90 Å². The second kappa shape index (κ2) is 5.15. The lowest BCUT2D eigenvalue weighted by Gasteiger charge is -2.23. The van der Waals surface area contributed by atoms with E-state index in [1.807, 2.05) is 29.2 Å². The number of benzene rings is 1. The first-order chi connectivity index (χ1) is 7.68. The average Bonchev–Trinajstić information content (AvgIpc) is 2.32. The highest BCUT2D eigenvalue weighted by molar-refractivity contribution is 9.11. The Balaban J connectivity index is 2.26. The highest BCUT2D eigenvalue weighted by Gasteiger charge is 2.18. The van der Waals surface area contributed by atoms with E-state index in [1.165, 1.54) is 0 Å². The molecule has 1 amide bonds. The van der Waals surface area contributed by atoms with Crippen LogP contribution in [-0.4, -0.2) is 23.9 Å². The van der Waals surface area contributed by atoms with Crippen LogP contribution in [0.3, 0.4) is 0 Å². The summed E-state index contributed by atoms with van der Waals surface area (Å²) in [6, 6.07) is 5.65. The fourth-order valence-corrected chi connectivity index (χ4v) is 2.43. The molecular formula is C12H11Br2NO. The van der Waals surface area contributed by atoms with Crippen molar-refractivity contribution >= 4 is 37.8 Å². The number of carbonyl (C=O) groups is 1. The summed E-state index contributed by atoms with van der Waals surface area (Å²) in [7, 11) is 0. The molecule has 1 aliphatic rings. The van der Waals surface area contributed by atoms with Gasteiger partial charge in [-0.15, -0.1) is 0 Å². The monoisotopic (exact) mass is 343 g/mol. The third-order valence-corrected chi connectivity index (χ3v) is 3.69. The van der Waals surface area contributed by atoms with Crippen molar-refractivity contribution < 1.29 is 4.79 Å². The first-order valence-corrected chi connectivity index (χ1v) is 6.66. The minimum Gasteiger partial charge on any atom is -0.335 e. The maximum atomic E-state index is 12.2. The maximum absolute atomic E-state index is 12.2. The number of hydrogen-bond acceptors (Lipinski definition) is 1. The summed E-state index contributed by atoms with van der Waals surface area (Å²) >= 11 is 6.79. The smallest absolute Gasteiger partial charge is 0.255 e. The Morgan fingerprint density at radius 2 is 2.06 bits per heavy atom. The SMILES string of the molecule is O=C(c1cc(Br)ccc1Br)N1CC=CCC1. The fraction of sp³-hybridized carbons (Fsp3) is 0.250. The van der Waals surface area contributed by atoms with Crippen LogP contribution in [0.25, 0.3) is 0 Å². The zero-order chi connectivity index (χ0) is 11.5. The van der Waals surface area contributed by atoms with Crippen molar-refractivity contribution in [3.63, 3.8) is 0 Å². The first kappa shape index (κ1) is 11.9. The van der Waals surface area contributed by atoms with E-state index >= 15 is 0 Å². The standard InChI is InChI=1S/C12H11Br2NO/c13-9-4-5-11(14)10(8-9)12(16)15-6-2-1-3-7-15/h1-2,4-5,8H,3,6-7H2. The van der Waals surface area contributed by atoms with E-state index in [-0.39, 0.29) is 5.91 Å². The van der Waals surface area contributed by atoms with Gasteiger partial charge >= 0.3 is 0 Å². The quantitative estimate of drug-likeness (QED) is 0.712. The maximum Gasteiger partial charge on any atom is 0.255 e. The summed E-state index contributed by atoms with van der Waals surface area (Å²) in [6.07, 6.45) is 5.09. The lowest BCUT2D eigenvalue weighted by atomic mass is 10.1. The Morgan fingerprint density at radius 1 is 1.25 bits per heavy atom. The Bertz CT molecular complexity index is 443. The van der Waals surface area contributed by atoms with Gasteiger partial charge in [0.2, 0.25) is 0 Å². The van der Waals surface area contributed by atoms with Crippen LogP contribution in [-0.2, 0) is 0 Å². The molecule has 2 nitrogen and oxygen atoms in total. The number of halogens is 2. The molecule has 84 valence electrons. The summed E-state index contributed by atoms with van der Waals surface area (Å²) in [5.41, 5.74) is 0.713. The predicted molar refractivity (Wildman–Crippen MR) is 71.5 cm³/mol. The van der Waals surface area contributed by atoms with Crippen LogP contribution in [0.5, 0.6) is 0 Å². The largest absolute Gasteiger partial charge is 0.335 e. The van der Waals surface area contributed by atoms with Crippen LogP contribution in [0, 0.1) is 0 Å². The number of amides is 1. The Hall–Kier alpha value is -0.610. The highest BCUT2D eigenvalue weighted by atomic mass is 79.9. The zero-order valence-electron chi connectivity index (χ0n) is 8.62. The average molecular weight is 345 g/mol. The first-order valence-electron chi connectivity index (χ1n) is 5.08. The normalized spacial score (nSPS) is 15.2. The van der Waals surface area contributed by atoms with E-state index < -0.39 is 0 Å². The molecule has 0 unspecified atom stereocenters. The molecule has 1 aliphatic heterocycles. The van der Waals surface area contributed by atoms with Crippen molar-refractivity contribution in [2.24, 2.45) is 0 Å². The van der Waals surface area contributed by atoms with Gasteiger partial charge < -0.3 is 4.90 Å². The van der Waals surface area contributed by atoms with Crippen molar-refractivity contribution in [3.05, 3.63) is 44.9 Å². The van der Waals surface area contributed by atoms with Crippen molar-refractivity contribution in [2.45, 2.75) is 6.42 Å². The van der Waals surface area contributed by atoms with E-state index in [0.29, 0.717) is 12.1 Å². The molecule has 16 heavy (non-hydrogen) atoms. The molecule has 0 spiro atoms. The number of carbonyl (C=O) groups excluding carboxylic acids is 1. The van der Waals surface area contributed by atoms with Gasteiger partial charge in [-0.2, -0.15) is 0 Å². The summed E-state index contributed by atoms with van der Waals surface area (Å²) in [5, 5.41) is 0. The summed E-state index contributed by atoms with van der Waals surface area (Å²) < 4.78 is 1.77. The van der Waals surface area contributed by atoms with Crippen LogP contribution in [0.2, 0.25) is 0 Å². The second-order valence-corrected chi connectivity index (χ2v) is 5.41. The number of nitrogens with zero attached hydrogens (tertiary/aromatic N) is 1. The van der Waals surface area contributed by atoms with Gasteiger partial charge in [-0.05, 0) is 40.5 Å². The molecule has 0 radical (unpaired) electrons. The topological polar surface area (TPSA) is 20.3 Å². The molecule has 0 saturated heterocycles. The lowest BCUT2D eigenvalue weighted by molar-refractivity contribution is 0.0770. The van der Waals surface area contributed by atoms with Gasteiger partial charge in [-0.3, -0.25) is 4.79 Å². The molecule has 2 rings (SSSR count). The van der Waals surface area contributed by atoms with E-state index in [9.17, 15) is 4.79 Å². The molecule has 0 aliphatic carbocycles. The highest BCUT2D eigenvalue weighted by Crippen LogP contribution is 2.23. The van der Waals surface area contributed by atoms with Gasteiger partial charge in [-0.25, -0.2) is 0 Å². The van der Waals surface area contributed by atoms with Crippen LogP contribution >= 0.6 is 31.9 Å². The third kappa shape index (κ3) is 2.55. The minimum absolute atomic E-state index is 0.0810. The zero-order valence-corrected chi connectivity index (χ0v) is 11.8. The van der Waals surface area contributed by atoms with E-state index in [2.05, 4.69) is 37.9 Å². The molecule has 0 aromatic heterocycles. The molecule has 0 bridgehead atoms. The van der Waals surface area contributed by atoms with Gasteiger partial charge in [0.25, 0.3) is 5.91 Å². The molecule has 0 fully saturated rings. The lowest BCUT2D eigenvalue weighted by Crippen LogP contribution is -2.33. The van der Waals surface area contributed by atoms with Gasteiger partial charge in [0, 0.05) is 22.0 Å². The van der Waals surface area contributed by atoms with Crippen LogP contribution in [0.15, 0.2) is 39.3 Å². The van der Waals surface area contributed by atoms with E-state index in [4.69, 9.17) is 0 Å². The Labute approximate surface area is 112 Å². The molecule has 0 atom stereocenters. The van der Waals surface area contributed by atoms with Gasteiger partial charge in [0.05, 0.1) is 5.56 Å². The molecule has 1 aromatic carbocycles. The van der Waals surface area contributed by atoms with Crippen molar-refractivity contribution in [3.8, 4) is 0 Å². The summed E-state index contributed by atoms with van der Waals surface area (Å²) in [5.74, 6) is 0.0810. The van der Waals surface area contributed by atoms with Crippen LogP contribution in [0.1, 0.15) is 16.8 Å². The second-order valence-electron chi connectivity index (χ2n) is 3.64. The fourth-order valence-electron chi connectivity index (χ4n) is 1.66. The molecule has 1 heterocycles. The molecule has 0 N–H and O–H groups in total. The van der Waals surface area contributed by atoms with Crippen LogP contribution in [0.4, 0.5) is 0 Å². The summed E-state index contributed by atoms with van der Waals surface area (Å²) in [4.78, 5) is 14.1. The molecule has 0 saturated carbocycles. The Kier molecular flexibility index (Phi) is 3.82. The molecule has 4 heteroatoms. The number of rotatable bonds is 1. The number of hydrogen-bond donors (Lipinski definition) is 0. The van der Waals surface area contributed by atoms with E-state index in [0.717, 1.165) is 21.9 Å². The summed E-state index contributed by atoms with van der Waals surface area (Å²) in [6.45, 7) is 1.51. The molecule has 1 aromatic rings. The van der Waals surface area contributed by atoms with Crippen molar-refractivity contribution in [1.29, 1.82) is 0 Å². The van der Waals surface area contributed by atoms with Gasteiger partial charge in [0.1, 0.15) is 0 Å². The minimum atomic E-state index is 0.0810. The van der Waals surface area contributed by atoms with Crippen LogP contribution < -0.4 is 0 Å². The molecular weight excluding hydrogens is 334 g/mol. The van der Waals surface area contributed by atoms with Gasteiger partial charge in [-0.1, -0.05) is 28.1 Å². The van der Waals surface area contributed by atoms with Crippen molar-refractivity contribution in [2.75, 3.05) is 13.1 Å².